The summed E-state index contributed by atoms with van der Waals surface area (Å²) in [4.78, 5) is 32.6. The molecule has 8 nitrogen and oxygen atoms in total. The number of furan rings is 1. The second kappa shape index (κ2) is 9.59. The fraction of sp³-hybridized carbons (Fsp3) is 0.200. The number of rotatable bonds is 4. The molecule has 0 unspecified atom stereocenters. The maximum atomic E-state index is 12.5. The van der Waals surface area contributed by atoms with Gasteiger partial charge in [0.15, 0.2) is 5.17 Å². The maximum Gasteiger partial charge on any atom is 0.286 e. The van der Waals surface area contributed by atoms with Crippen LogP contribution in [0.5, 0.6) is 0 Å². The zero-order valence-corrected chi connectivity index (χ0v) is 20.4. The summed E-state index contributed by atoms with van der Waals surface area (Å²) in [6, 6.07) is 16.2. The number of carbonyl (C=O) groups is 1. The summed E-state index contributed by atoms with van der Waals surface area (Å²) in [5, 5.41) is 12.4. The quantitative estimate of drug-likeness (QED) is 0.257. The summed E-state index contributed by atoms with van der Waals surface area (Å²) in [7, 11) is 0. The molecule has 0 aliphatic carbocycles. The van der Waals surface area contributed by atoms with Crippen LogP contribution >= 0.6 is 23.4 Å². The normalized spacial score (nSPS) is 17.3. The molecule has 178 valence electrons. The minimum atomic E-state index is -0.503. The third-order valence-electron chi connectivity index (χ3n) is 5.88. The molecule has 35 heavy (non-hydrogen) atoms. The summed E-state index contributed by atoms with van der Waals surface area (Å²) >= 11 is 7.22. The van der Waals surface area contributed by atoms with Gasteiger partial charge in [0.25, 0.3) is 11.6 Å². The van der Waals surface area contributed by atoms with Crippen LogP contribution in [0, 0.1) is 17.0 Å². The van der Waals surface area contributed by atoms with E-state index >= 15 is 0 Å². The lowest BCUT2D eigenvalue weighted by Gasteiger charge is -2.36. The second-order valence-electron chi connectivity index (χ2n) is 8.24. The van der Waals surface area contributed by atoms with E-state index in [1.54, 1.807) is 30.3 Å². The van der Waals surface area contributed by atoms with E-state index < -0.39 is 4.92 Å². The second-order valence-corrected chi connectivity index (χ2v) is 9.69. The van der Waals surface area contributed by atoms with E-state index in [-0.39, 0.29) is 16.6 Å². The lowest BCUT2D eigenvalue weighted by Crippen LogP contribution is -2.47. The fourth-order valence-corrected chi connectivity index (χ4v) is 5.12. The molecule has 3 heterocycles. The van der Waals surface area contributed by atoms with Gasteiger partial charge in [-0.2, -0.15) is 4.99 Å². The smallest absolute Gasteiger partial charge is 0.286 e. The number of anilines is 1. The molecular weight excluding hydrogens is 488 g/mol. The molecule has 1 amide bonds. The van der Waals surface area contributed by atoms with E-state index in [4.69, 9.17) is 16.0 Å². The van der Waals surface area contributed by atoms with Gasteiger partial charge in [0.1, 0.15) is 11.5 Å². The Morgan fingerprint density at radius 2 is 1.77 bits per heavy atom. The van der Waals surface area contributed by atoms with Crippen molar-refractivity contribution in [3.63, 3.8) is 0 Å². The number of carbonyl (C=O) groups excluding carboxylic acids is 1. The highest BCUT2D eigenvalue weighted by Crippen LogP contribution is 2.35. The van der Waals surface area contributed by atoms with Crippen molar-refractivity contribution < 1.29 is 14.1 Å². The standard InChI is InChI=1S/C25H21ClN4O4S/c1-16-2-5-18(6-3-16)28-10-12-29(13-11-28)25-27-24(31)23(35-25)15-19-7-9-22(34-19)20-8-4-17(26)14-21(20)30(32)33/h2-9,14-15H,10-13H2,1H3/b23-15-. The van der Waals surface area contributed by atoms with E-state index in [2.05, 4.69) is 46.0 Å². The first kappa shape index (κ1) is 23.2. The summed E-state index contributed by atoms with van der Waals surface area (Å²) in [6.07, 6.45) is 1.62. The average molecular weight is 509 g/mol. The van der Waals surface area contributed by atoms with Gasteiger partial charge < -0.3 is 14.2 Å². The number of hydrogen-bond acceptors (Lipinski definition) is 7. The first-order valence-corrected chi connectivity index (χ1v) is 12.2. The molecule has 0 atom stereocenters. The monoisotopic (exact) mass is 508 g/mol. The number of aliphatic imine (C=N–C) groups is 1. The average Bonchev–Trinajstić information content (AvgIpc) is 3.46. The van der Waals surface area contributed by atoms with Crippen molar-refractivity contribution in [2.24, 2.45) is 4.99 Å². The van der Waals surface area contributed by atoms with Gasteiger partial charge in [0.05, 0.1) is 15.4 Å². The number of piperazine rings is 1. The minimum Gasteiger partial charge on any atom is -0.456 e. The Morgan fingerprint density at radius 1 is 1.06 bits per heavy atom. The van der Waals surface area contributed by atoms with Crippen LogP contribution in [0.2, 0.25) is 5.02 Å². The highest BCUT2D eigenvalue weighted by molar-refractivity contribution is 8.18. The predicted octanol–water partition coefficient (Wildman–Crippen LogP) is 5.61. The Labute approximate surface area is 211 Å². The number of thioether (sulfide) groups is 1. The van der Waals surface area contributed by atoms with E-state index in [9.17, 15) is 14.9 Å². The van der Waals surface area contributed by atoms with Crippen molar-refractivity contribution in [1.82, 2.24) is 4.90 Å². The van der Waals surface area contributed by atoms with Crippen LogP contribution < -0.4 is 4.90 Å². The van der Waals surface area contributed by atoms with Crippen molar-refractivity contribution in [1.29, 1.82) is 0 Å². The van der Waals surface area contributed by atoms with Gasteiger partial charge in [-0.1, -0.05) is 29.3 Å². The number of amidine groups is 1. The Morgan fingerprint density at radius 3 is 2.49 bits per heavy atom. The van der Waals surface area contributed by atoms with Crippen molar-refractivity contribution in [3.05, 3.63) is 86.0 Å². The number of nitro benzene ring substituents is 1. The van der Waals surface area contributed by atoms with Gasteiger partial charge >= 0.3 is 0 Å². The molecule has 1 saturated heterocycles. The molecule has 0 N–H and O–H groups in total. The molecule has 2 aliphatic heterocycles. The molecule has 1 aromatic heterocycles. The molecule has 0 bridgehead atoms. The van der Waals surface area contributed by atoms with E-state index in [0.29, 0.717) is 27.2 Å². The molecule has 5 rings (SSSR count). The number of hydrogen-bond donors (Lipinski definition) is 0. The molecule has 0 saturated carbocycles. The molecule has 3 aromatic rings. The van der Waals surface area contributed by atoms with E-state index in [1.807, 2.05) is 0 Å². The highest BCUT2D eigenvalue weighted by atomic mass is 35.5. The highest BCUT2D eigenvalue weighted by Gasteiger charge is 2.29. The summed E-state index contributed by atoms with van der Waals surface area (Å²) in [5.74, 6) is 0.422. The van der Waals surface area contributed by atoms with Gasteiger partial charge in [-0.05, 0) is 55.1 Å². The van der Waals surface area contributed by atoms with Crippen LogP contribution in [-0.2, 0) is 4.79 Å². The van der Waals surface area contributed by atoms with Crippen LogP contribution in [-0.4, -0.2) is 47.1 Å². The number of nitro groups is 1. The zero-order valence-electron chi connectivity index (χ0n) is 18.8. The number of nitrogens with zero attached hydrogens (tertiary/aromatic N) is 4. The van der Waals surface area contributed by atoms with Crippen molar-refractivity contribution >= 4 is 51.9 Å². The van der Waals surface area contributed by atoms with Crippen LogP contribution in [0.1, 0.15) is 11.3 Å². The van der Waals surface area contributed by atoms with Crippen molar-refractivity contribution in [2.75, 3.05) is 31.1 Å². The van der Waals surface area contributed by atoms with Crippen LogP contribution in [0.4, 0.5) is 11.4 Å². The third kappa shape index (κ3) is 4.96. The molecular formula is C25H21ClN4O4S. The topological polar surface area (TPSA) is 92.2 Å². The van der Waals surface area contributed by atoms with Crippen LogP contribution in [0.25, 0.3) is 17.4 Å². The minimum absolute atomic E-state index is 0.146. The number of halogens is 1. The lowest BCUT2D eigenvalue weighted by atomic mass is 10.1. The zero-order chi connectivity index (χ0) is 24.5. The van der Waals surface area contributed by atoms with E-state index in [1.165, 1.54) is 29.1 Å². The molecule has 1 fully saturated rings. The van der Waals surface area contributed by atoms with Gasteiger partial charge in [0.2, 0.25) is 0 Å². The number of aryl methyl sites for hydroxylation is 1. The first-order chi connectivity index (χ1) is 16.9. The molecule has 2 aromatic carbocycles. The number of amides is 1. The molecule has 0 radical (unpaired) electrons. The fourth-order valence-electron chi connectivity index (χ4n) is 4.01. The van der Waals surface area contributed by atoms with Crippen LogP contribution in [0.3, 0.4) is 0 Å². The van der Waals surface area contributed by atoms with Gasteiger partial charge in [0, 0.05) is 49.0 Å². The maximum absolute atomic E-state index is 12.5. The number of benzene rings is 2. The summed E-state index contributed by atoms with van der Waals surface area (Å²) in [6.45, 7) is 5.30. The summed E-state index contributed by atoms with van der Waals surface area (Å²) < 4.78 is 5.80. The lowest BCUT2D eigenvalue weighted by molar-refractivity contribution is -0.384. The first-order valence-electron chi connectivity index (χ1n) is 11.0. The van der Waals surface area contributed by atoms with Crippen molar-refractivity contribution in [2.45, 2.75) is 6.92 Å². The van der Waals surface area contributed by atoms with Gasteiger partial charge in [-0.3, -0.25) is 14.9 Å². The largest absolute Gasteiger partial charge is 0.456 e. The molecule has 0 spiro atoms. The Balaban J connectivity index is 1.26. The Hall–Kier alpha value is -3.56. The van der Waals surface area contributed by atoms with E-state index in [0.717, 1.165) is 26.2 Å². The van der Waals surface area contributed by atoms with Crippen molar-refractivity contribution in [3.8, 4) is 11.3 Å². The third-order valence-corrected chi connectivity index (χ3v) is 7.16. The van der Waals surface area contributed by atoms with Gasteiger partial charge in [-0.15, -0.1) is 0 Å². The van der Waals surface area contributed by atoms with Gasteiger partial charge in [-0.25, -0.2) is 0 Å². The molecule has 2 aliphatic rings. The molecule has 10 heteroatoms. The Bertz CT molecular complexity index is 1360. The summed E-state index contributed by atoms with van der Waals surface area (Å²) in [5.41, 5.74) is 2.60. The predicted molar refractivity (Wildman–Crippen MR) is 139 cm³/mol. The van der Waals surface area contributed by atoms with Crippen LogP contribution in [0.15, 0.2) is 68.9 Å². The Kier molecular flexibility index (Phi) is 6.36. The SMILES string of the molecule is Cc1ccc(N2CCN(C3=NC(=O)/C(=C/c4ccc(-c5ccc(Cl)cc5[N+](=O)[O-])o4)S3)CC2)cc1.